The van der Waals surface area contributed by atoms with Gasteiger partial charge < -0.3 is 10.2 Å². The van der Waals surface area contributed by atoms with Crippen LogP contribution in [0.25, 0.3) is 0 Å². The van der Waals surface area contributed by atoms with Crippen molar-refractivity contribution in [3.63, 3.8) is 0 Å². The van der Waals surface area contributed by atoms with Crippen molar-refractivity contribution >= 4 is 41.7 Å². The van der Waals surface area contributed by atoms with Crippen molar-refractivity contribution in [3.8, 4) is 0 Å². The van der Waals surface area contributed by atoms with Crippen LogP contribution >= 0.6 is 35.7 Å². The fourth-order valence-electron chi connectivity index (χ4n) is 1.97. The lowest BCUT2D eigenvalue weighted by atomic mass is 10.00. The first kappa shape index (κ1) is 17.4. The highest BCUT2D eigenvalue weighted by Crippen LogP contribution is 2.15. The third kappa shape index (κ3) is 6.74. The fourth-order valence-corrected chi connectivity index (χ4v) is 2.40. The van der Waals surface area contributed by atoms with Gasteiger partial charge in [-0.05, 0) is 37.2 Å². The SMILES string of the molecule is CN=C(NCCCSC)N1CCC(C)CC1.I. The van der Waals surface area contributed by atoms with Crippen LogP contribution in [-0.4, -0.2) is 49.6 Å². The number of halogens is 1. The summed E-state index contributed by atoms with van der Waals surface area (Å²) in [5.41, 5.74) is 0. The maximum absolute atomic E-state index is 4.36. The molecule has 0 aromatic carbocycles. The maximum atomic E-state index is 4.36. The molecule has 5 heteroatoms. The molecule has 0 saturated carbocycles. The molecule has 0 aromatic heterocycles. The molecule has 1 fully saturated rings. The van der Waals surface area contributed by atoms with Gasteiger partial charge in [0.25, 0.3) is 0 Å². The second-order valence-electron chi connectivity index (χ2n) is 4.49. The first-order valence-corrected chi connectivity index (χ1v) is 7.62. The highest BCUT2D eigenvalue weighted by atomic mass is 127. The molecule has 1 N–H and O–H groups in total. The topological polar surface area (TPSA) is 27.6 Å². The van der Waals surface area contributed by atoms with Crippen LogP contribution in [0, 0.1) is 5.92 Å². The summed E-state index contributed by atoms with van der Waals surface area (Å²) in [6.07, 6.45) is 5.96. The Morgan fingerprint density at radius 3 is 2.59 bits per heavy atom. The van der Waals surface area contributed by atoms with E-state index >= 15 is 0 Å². The quantitative estimate of drug-likeness (QED) is 0.356. The Morgan fingerprint density at radius 1 is 1.41 bits per heavy atom. The van der Waals surface area contributed by atoms with E-state index < -0.39 is 0 Å². The van der Waals surface area contributed by atoms with Crippen LogP contribution in [0.15, 0.2) is 4.99 Å². The van der Waals surface area contributed by atoms with Crippen LogP contribution in [0.3, 0.4) is 0 Å². The average molecular weight is 371 g/mol. The molecule has 0 aliphatic carbocycles. The molecule has 0 aromatic rings. The van der Waals surface area contributed by atoms with E-state index in [1.807, 2.05) is 18.8 Å². The minimum Gasteiger partial charge on any atom is -0.356 e. The van der Waals surface area contributed by atoms with Crippen molar-refractivity contribution in [2.45, 2.75) is 26.2 Å². The van der Waals surface area contributed by atoms with E-state index in [0.717, 1.165) is 31.5 Å². The average Bonchev–Trinajstić information content (AvgIpc) is 2.31. The monoisotopic (exact) mass is 371 g/mol. The molecule has 1 rings (SSSR count). The molecular formula is C12H26IN3S. The number of aliphatic imine (C=N–C) groups is 1. The summed E-state index contributed by atoms with van der Waals surface area (Å²) in [6, 6.07) is 0. The minimum absolute atomic E-state index is 0. The zero-order valence-corrected chi connectivity index (χ0v) is 14.4. The highest BCUT2D eigenvalue weighted by molar-refractivity contribution is 14.0. The van der Waals surface area contributed by atoms with E-state index in [-0.39, 0.29) is 24.0 Å². The first-order chi connectivity index (χ1) is 7.77. The van der Waals surface area contributed by atoms with Crippen molar-refractivity contribution in [2.24, 2.45) is 10.9 Å². The molecule has 3 nitrogen and oxygen atoms in total. The third-order valence-electron chi connectivity index (χ3n) is 3.10. The number of thioether (sulfide) groups is 1. The first-order valence-electron chi connectivity index (χ1n) is 6.22. The predicted molar refractivity (Wildman–Crippen MR) is 89.7 cm³/mol. The minimum atomic E-state index is 0. The van der Waals surface area contributed by atoms with Gasteiger partial charge in [0.2, 0.25) is 0 Å². The molecule has 1 aliphatic heterocycles. The fraction of sp³-hybridized carbons (Fsp3) is 0.917. The van der Waals surface area contributed by atoms with Crippen LogP contribution in [0.5, 0.6) is 0 Å². The smallest absolute Gasteiger partial charge is 0.193 e. The van der Waals surface area contributed by atoms with Crippen molar-refractivity contribution < 1.29 is 0 Å². The number of piperidine rings is 1. The number of rotatable bonds is 4. The van der Waals surface area contributed by atoms with Gasteiger partial charge in [-0.15, -0.1) is 24.0 Å². The van der Waals surface area contributed by atoms with Crippen molar-refractivity contribution in [1.82, 2.24) is 10.2 Å². The molecule has 0 atom stereocenters. The third-order valence-corrected chi connectivity index (χ3v) is 3.80. The summed E-state index contributed by atoms with van der Waals surface area (Å²) in [4.78, 5) is 6.75. The number of nitrogens with zero attached hydrogens (tertiary/aromatic N) is 2. The van der Waals surface area contributed by atoms with E-state index in [2.05, 4.69) is 28.4 Å². The summed E-state index contributed by atoms with van der Waals surface area (Å²) >= 11 is 1.90. The molecular weight excluding hydrogens is 345 g/mol. The van der Waals surface area contributed by atoms with Gasteiger partial charge in [-0.3, -0.25) is 4.99 Å². The van der Waals surface area contributed by atoms with Gasteiger partial charge in [0.15, 0.2) is 5.96 Å². The molecule has 1 heterocycles. The van der Waals surface area contributed by atoms with E-state index in [0.29, 0.717) is 0 Å². The predicted octanol–water partition coefficient (Wildman–Crippen LogP) is 2.66. The molecule has 1 saturated heterocycles. The number of guanidine groups is 1. The summed E-state index contributed by atoms with van der Waals surface area (Å²) in [5.74, 6) is 3.19. The van der Waals surface area contributed by atoms with Crippen molar-refractivity contribution in [1.29, 1.82) is 0 Å². The summed E-state index contributed by atoms with van der Waals surface area (Å²) in [7, 11) is 1.88. The lowest BCUT2D eigenvalue weighted by Gasteiger charge is -2.32. The van der Waals surface area contributed by atoms with Gasteiger partial charge in [0.1, 0.15) is 0 Å². The van der Waals surface area contributed by atoms with Gasteiger partial charge in [0.05, 0.1) is 0 Å². The van der Waals surface area contributed by atoms with E-state index in [4.69, 9.17) is 0 Å². The molecule has 1 aliphatic rings. The Balaban J connectivity index is 0.00000256. The molecule has 17 heavy (non-hydrogen) atoms. The van der Waals surface area contributed by atoms with E-state index in [1.165, 1.54) is 25.0 Å². The lowest BCUT2D eigenvalue weighted by molar-refractivity contribution is 0.273. The van der Waals surface area contributed by atoms with Gasteiger partial charge in [0, 0.05) is 26.7 Å². The Labute approximate surface area is 127 Å². The van der Waals surface area contributed by atoms with E-state index in [1.54, 1.807) is 0 Å². The molecule has 0 unspecified atom stereocenters. The standard InChI is InChI=1S/C12H25N3S.HI/c1-11-5-8-15(9-6-11)12(13-2)14-7-4-10-16-3;/h11H,4-10H2,1-3H3,(H,13,14);1H. The normalized spacial score (nSPS) is 17.8. The molecule has 0 spiro atoms. The van der Waals surface area contributed by atoms with Crippen LogP contribution in [0.4, 0.5) is 0 Å². The maximum Gasteiger partial charge on any atom is 0.193 e. The van der Waals surface area contributed by atoms with Crippen LogP contribution in [0.2, 0.25) is 0 Å². The zero-order valence-electron chi connectivity index (χ0n) is 11.2. The van der Waals surface area contributed by atoms with Gasteiger partial charge >= 0.3 is 0 Å². The van der Waals surface area contributed by atoms with Crippen LogP contribution < -0.4 is 5.32 Å². The molecule has 0 bridgehead atoms. The second kappa shape index (κ2) is 10.3. The molecule has 0 radical (unpaired) electrons. The van der Waals surface area contributed by atoms with Crippen LogP contribution in [0.1, 0.15) is 26.2 Å². The Hall–Kier alpha value is 0.350. The largest absolute Gasteiger partial charge is 0.356 e. The number of nitrogens with one attached hydrogen (secondary N) is 1. The highest BCUT2D eigenvalue weighted by Gasteiger charge is 2.17. The molecule has 102 valence electrons. The number of hydrogen-bond acceptors (Lipinski definition) is 2. The number of hydrogen-bond donors (Lipinski definition) is 1. The summed E-state index contributed by atoms with van der Waals surface area (Å²) in [6.45, 7) is 5.69. The van der Waals surface area contributed by atoms with E-state index in [9.17, 15) is 0 Å². The Bertz CT molecular complexity index is 216. The lowest BCUT2D eigenvalue weighted by Crippen LogP contribution is -2.45. The Morgan fingerprint density at radius 2 is 2.06 bits per heavy atom. The van der Waals surface area contributed by atoms with Crippen molar-refractivity contribution in [3.05, 3.63) is 0 Å². The summed E-state index contributed by atoms with van der Waals surface area (Å²) in [5, 5.41) is 3.45. The summed E-state index contributed by atoms with van der Waals surface area (Å²) < 4.78 is 0. The van der Waals surface area contributed by atoms with Gasteiger partial charge in [-0.1, -0.05) is 6.92 Å². The van der Waals surface area contributed by atoms with Crippen molar-refractivity contribution in [2.75, 3.05) is 38.7 Å². The van der Waals surface area contributed by atoms with Gasteiger partial charge in [-0.25, -0.2) is 0 Å². The zero-order chi connectivity index (χ0) is 11.8. The van der Waals surface area contributed by atoms with Crippen LogP contribution in [-0.2, 0) is 0 Å². The molecule has 0 amide bonds. The number of likely N-dealkylation sites (tertiary alicyclic amines) is 1. The van der Waals surface area contributed by atoms with Gasteiger partial charge in [-0.2, -0.15) is 11.8 Å². The Kier molecular flexibility index (Phi) is 10.5. The second-order valence-corrected chi connectivity index (χ2v) is 5.48.